The molecule has 0 bridgehead atoms. The van der Waals surface area contributed by atoms with Crippen molar-refractivity contribution >= 4 is 22.9 Å². The summed E-state index contributed by atoms with van der Waals surface area (Å²) in [6, 6.07) is 4.76. The van der Waals surface area contributed by atoms with E-state index < -0.39 is 0 Å². The molecule has 1 N–H and O–H groups in total. The highest BCUT2D eigenvalue weighted by molar-refractivity contribution is 7.16. The molecule has 1 nitrogen and oxygen atoms in total. The van der Waals surface area contributed by atoms with Crippen LogP contribution in [0.25, 0.3) is 0 Å². The summed E-state index contributed by atoms with van der Waals surface area (Å²) in [7, 11) is 0. The molecule has 1 aromatic rings. The van der Waals surface area contributed by atoms with Gasteiger partial charge in [-0.05, 0) is 37.4 Å². The van der Waals surface area contributed by atoms with Crippen LogP contribution in [0.3, 0.4) is 0 Å². The number of halogens is 1. The van der Waals surface area contributed by atoms with Gasteiger partial charge in [-0.25, -0.2) is 0 Å². The molecular weight excluding hydrogens is 262 g/mol. The average Bonchev–Trinajstić information content (AvgIpc) is 2.73. The van der Waals surface area contributed by atoms with Crippen molar-refractivity contribution in [3.8, 4) is 0 Å². The van der Waals surface area contributed by atoms with Crippen molar-refractivity contribution in [2.24, 2.45) is 5.92 Å². The second-order valence-corrected chi connectivity index (χ2v) is 7.03. The van der Waals surface area contributed by atoms with Gasteiger partial charge in [0.1, 0.15) is 0 Å². The third-order valence-electron chi connectivity index (χ3n) is 3.95. The standard InChI is InChI=1S/C15H24ClNS/c1-2-17-15(13-10-11-14(16)18-13)12-8-6-4-3-5-7-9-12/h10-12,15,17H,2-9H2,1H3. The van der Waals surface area contributed by atoms with Gasteiger partial charge in [-0.1, -0.05) is 50.6 Å². The molecule has 3 heteroatoms. The summed E-state index contributed by atoms with van der Waals surface area (Å²) < 4.78 is 0.916. The van der Waals surface area contributed by atoms with Crippen LogP contribution < -0.4 is 5.32 Å². The number of hydrogen-bond donors (Lipinski definition) is 1. The van der Waals surface area contributed by atoms with Crippen LogP contribution in [0, 0.1) is 5.92 Å². The van der Waals surface area contributed by atoms with E-state index in [1.807, 2.05) is 6.07 Å². The van der Waals surface area contributed by atoms with Crippen LogP contribution in [-0.2, 0) is 0 Å². The monoisotopic (exact) mass is 285 g/mol. The van der Waals surface area contributed by atoms with E-state index in [2.05, 4.69) is 18.3 Å². The highest BCUT2D eigenvalue weighted by Crippen LogP contribution is 2.37. The van der Waals surface area contributed by atoms with E-state index >= 15 is 0 Å². The van der Waals surface area contributed by atoms with Crippen molar-refractivity contribution < 1.29 is 0 Å². The number of thiophene rings is 1. The first kappa shape index (κ1) is 14.4. The number of hydrogen-bond acceptors (Lipinski definition) is 2. The molecule has 1 aliphatic rings. The zero-order valence-corrected chi connectivity index (χ0v) is 12.8. The Morgan fingerprint density at radius 1 is 1.22 bits per heavy atom. The summed E-state index contributed by atoms with van der Waals surface area (Å²) in [6.07, 6.45) is 9.79. The normalized spacial score (nSPS) is 20.3. The molecule has 0 radical (unpaired) electrons. The Balaban J connectivity index is 2.07. The predicted octanol–water partition coefficient (Wildman–Crippen LogP) is 5.41. The molecule has 0 saturated heterocycles. The minimum absolute atomic E-state index is 0.519. The van der Waals surface area contributed by atoms with Crippen molar-refractivity contribution in [3.05, 3.63) is 21.3 Å². The van der Waals surface area contributed by atoms with E-state index in [1.165, 1.54) is 49.8 Å². The first-order valence-corrected chi connectivity index (χ1v) is 8.49. The summed E-state index contributed by atoms with van der Waals surface area (Å²) in [5, 5.41) is 3.68. The van der Waals surface area contributed by atoms with Gasteiger partial charge in [-0.15, -0.1) is 11.3 Å². The first-order valence-electron chi connectivity index (χ1n) is 7.30. The predicted molar refractivity (Wildman–Crippen MR) is 81.6 cm³/mol. The van der Waals surface area contributed by atoms with Crippen LogP contribution in [0.1, 0.15) is 62.8 Å². The molecule has 2 rings (SSSR count). The molecule has 1 fully saturated rings. The van der Waals surface area contributed by atoms with Gasteiger partial charge in [0.25, 0.3) is 0 Å². The van der Waals surface area contributed by atoms with E-state index in [-0.39, 0.29) is 0 Å². The Hall–Kier alpha value is -0.0500. The molecule has 0 amide bonds. The molecule has 18 heavy (non-hydrogen) atoms. The fourth-order valence-electron chi connectivity index (χ4n) is 3.04. The average molecular weight is 286 g/mol. The van der Waals surface area contributed by atoms with Crippen LogP contribution in [0.15, 0.2) is 12.1 Å². The zero-order valence-electron chi connectivity index (χ0n) is 11.3. The summed E-state index contributed by atoms with van der Waals surface area (Å²) >= 11 is 7.84. The van der Waals surface area contributed by atoms with Crippen molar-refractivity contribution in [3.63, 3.8) is 0 Å². The van der Waals surface area contributed by atoms with E-state index in [0.29, 0.717) is 6.04 Å². The maximum Gasteiger partial charge on any atom is 0.0931 e. The lowest BCUT2D eigenvalue weighted by Crippen LogP contribution is -2.28. The molecule has 0 spiro atoms. The van der Waals surface area contributed by atoms with Gasteiger partial charge < -0.3 is 5.32 Å². The van der Waals surface area contributed by atoms with E-state index in [0.717, 1.165) is 16.8 Å². The van der Waals surface area contributed by atoms with E-state index in [4.69, 9.17) is 11.6 Å². The maximum atomic E-state index is 6.09. The Labute approximate surface area is 120 Å². The Bertz CT molecular complexity index is 342. The third kappa shape index (κ3) is 3.97. The Kier molecular flexibility index (Phi) is 6.00. The second kappa shape index (κ2) is 7.52. The van der Waals surface area contributed by atoms with Gasteiger partial charge in [0.15, 0.2) is 0 Å². The largest absolute Gasteiger partial charge is 0.309 e. The molecule has 1 saturated carbocycles. The van der Waals surface area contributed by atoms with Crippen molar-refractivity contribution in [2.75, 3.05) is 6.54 Å². The molecule has 1 atom stereocenters. The summed E-state index contributed by atoms with van der Waals surface area (Å²) in [4.78, 5) is 1.42. The lowest BCUT2D eigenvalue weighted by molar-refractivity contribution is 0.294. The third-order valence-corrected chi connectivity index (χ3v) is 5.26. The van der Waals surface area contributed by atoms with Crippen LogP contribution in [-0.4, -0.2) is 6.54 Å². The molecule has 0 aliphatic heterocycles. The quantitative estimate of drug-likeness (QED) is 0.780. The molecule has 0 aromatic carbocycles. The smallest absolute Gasteiger partial charge is 0.0931 e. The van der Waals surface area contributed by atoms with Gasteiger partial charge in [-0.3, -0.25) is 0 Å². The summed E-state index contributed by atoms with van der Waals surface area (Å²) in [5.41, 5.74) is 0. The topological polar surface area (TPSA) is 12.0 Å². The zero-order chi connectivity index (χ0) is 12.8. The molecule has 1 aromatic heterocycles. The molecule has 1 unspecified atom stereocenters. The van der Waals surface area contributed by atoms with Crippen LogP contribution >= 0.6 is 22.9 Å². The molecule has 102 valence electrons. The summed E-state index contributed by atoms with van der Waals surface area (Å²) in [6.45, 7) is 3.24. The highest BCUT2D eigenvalue weighted by atomic mass is 35.5. The van der Waals surface area contributed by atoms with Crippen molar-refractivity contribution in [1.82, 2.24) is 5.32 Å². The van der Waals surface area contributed by atoms with Crippen molar-refractivity contribution in [2.45, 2.75) is 57.9 Å². The minimum Gasteiger partial charge on any atom is -0.309 e. The van der Waals surface area contributed by atoms with Gasteiger partial charge in [0, 0.05) is 10.9 Å². The molecular formula is C15H24ClNS. The Morgan fingerprint density at radius 2 is 1.89 bits per heavy atom. The van der Waals surface area contributed by atoms with Gasteiger partial charge in [0.2, 0.25) is 0 Å². The van der Waals surface area contributed by atoms with Gasteiger partial charge in [-0.2, -0.15) is 0 Å². The van der Waals surface area contributed by atoms with E-state index in [9.17, 15) is 0 Å². The number of rotatable bonds is 4. The van der Waals surface area contributed by atoms with Gasteiger partial charge >= 0.3 is 0 Å². The van der Waals surface area contributed by atoms with E-state index in [1.54, 1.807) is 11.3 Å². The minimum atomic E-state index is 0.519. The van der Waals surface area contributed by atoms with Crippen molar-refractivity contribution in [1.29, 1.82) is 0 Å². The Morgan fingerprint density at radius 3 is 2.44 bits per heavy atom. The maximum absolute atomic E-state index is 6.09. The second-order valence-electron chi connectivity index (χ2n) is 5.28. The first-order chi connectivity index (χ1) is 8.81. The van der Waals surface area contributed by atoms with Crippen LogP contribution in [0.5, 0.6) is 0 Å². The van der Waals surface area contributed by atoms with Crippen LogP contribution in [0.4, 0.5) is 0 Å². The molecule has 1 heterocycles. The lowest BCUT2D eigenvalue weighted by Gasteiger charge is -2.28. The molecule has 1 aliphatic carbocycles. The highest BCUT2D eigenvalue weighted by Gasteiger charge is 2.24. The fourth-order valence-corrected chi connectivity index (χ4v) is 4.27. The lowest BCUT2D eigenvalue weighted by atomic mass is 9.85. The SMILES string of the molecule is CCNC(c1ccc(Cl)s1)C1CCCCCCC1. The van der Waals surface area contributed by atoms with Crippen LogP contribution in [0.2, 0.25) is 4.34 Å². The fraction of sp³-hybridized carbons (Fsp3) is 0.733. The number of nitrogens with one attached hydrogen (secondary N) is 1. The van der Waals surface area contributed by atoms with Gasteiger partial charge in [0.05, 0.1) is 4.34 Å². The summed E-state index contributed by atoms with van der Waals surface area (Å²) in [5.74, 6) is 0.792.